The van der Waals surface area contributed by atoms with Crippen molar-refractivity contribution in [1.29, 1.82) is 0 Å². The summed E-state index contributed by atoms with van der Waals surface area (Å²) in [6.07, 6.45) is -1.14. The number of aliphatic hydroxyl groups excluding tert-OH is 1. The lowest BCUT2D eigenvalue weighted by atomic mass is 10.1. The summed E-state index contributed by atoms with van der Waals surface area (Å²) in [6, 6.07) is 5.02. The van der Waals surface area contributed by atoms with E-state index < -0.39 is 17.6 Å². The Balaban J connectivity index is 2.90. The zero-order valence-electron chi connectivity index (χ0n) is 7.61. The van der Waals surface area contributed by atoms with Crippen molar-refractivity contribution in [2.45, 2.75) is 13.0 Å². The summed E-state index contributed by atoms with van der Waals surface area (Å²) >= 11 is 5.83. The van der Waals surface area contributed by atoms with Gasteiger partial charge in [-0.05, 0) is 18.6 Å². The van der Waals surface area contributed by atoms with Crippen LogP contribution in [0.25, 0.3) is 0 Å². The van der Waals surface area contributed by atoms with Gasteiger partial charge in [-0.3, -0.25) is 10.1 Å². The van der Waals surface area contributed by atoms with Gasteiger partial charge in [-0.25, -0.2) is 0 Å². The number of rotatable bonds is 3. The lowest BCUT2D eigenvalue weighted by Crippen LogP contribution is -2.12. The second-order valence-electron chi connectivity index (χ2n) is 3.06. The van der Waals surface area contributed by atoms with Gasteiger partial charge < -0.3 is 5.11 Å². The molecular weight excluding hydrogens is 206 g/mol. The Hall–Kier alpha value is -1.13. The van der Waals surface area contributed by atoms with Gasteiger partial charge in [0.05, 0.1) is 0 Å². The molecule has 5 heteroatoms. The minimum Gasteiger partial charge on any atom is -0.381 e. The smallest absolute Gasteiger partial charge is 0.233 e. The van der Waals surface area contributed by atoms with Crippen LogP contribution in [0.2, 0.25) is 5.02 Å². The van der Waals surface area contributed by atoms with Gasteiger partial charge >= 0.3 is 0 Å². The van der Waals surface area contributed by atoms with E-state index in [1.54, 1.807) is 18.2 Å². The van der Waals surface area contributed by atoms with Crippen LogP contribution in [0.4, 0.5) is 0 Å². The van der Waals surface area contributed by atoms with E-state index in [1.807, 2.05) is 6.92 Å². The molecule has 1 atom stereocenters. The van der Waals surface area contributed by atoms with Crippen molar-refractivity contribution in [3.8, 4) is 0 Å². The molecule has 0 aromatic heterocycles. The second-order valence-corrected chi connectivity index (χ2v) is 3.46. The van der Waals surface area contributed by atoms with Crippen molar-refractivity contribution in [2.24, 2.45) is 0 Å². The Morgan fingerprint density at radius 1 is 1.64 bits per heavy atom. The van der Waals surface area contributed by atoms with Gasteiger partial charge in [0.2, 0.25) is 6.54 Å². The molecule has 0 aliphatic carbocycles. The summed E-state index contributed by atoms with van der Waals surface area (Å²) in [5, 5.41) is 20.0. The predicted molar refractivity (Wildman–Crippen MR) is 53.0 cm³/mol. The van der Waals surface area contributed by atoms with E-state index >= 15 is 0 Å². The van der Waals surface area contributed by atoms with E-state index in [-0.39, 0.29) is 0 Å². The van der Waals surface area contributed by atoms with Crippen LogP contribution >= 0.6 is 11.6 Å². The van der Waals surface area contributed by atoms with E-state index in [0.717, 1.165) is 5.56 Å². The Morgan fingerprint density at radius 2 is 2.29 bits per heavy atom. The molecule has 0 radical (unpaired) electrons. The molecule has 0 amide bonds. The molecule has 0 saturated carbocycles. The van der Waals surface area contributed by atoms with Crippen LogP contribution in [0.15, 0.2) is 18.2 Å². The zero-order chi connectivity index (χ0) is 10.7. The third-order valence-corrected chi connectivity index (χ3v) is 2.16. The highest BCUT2D eigenvalue weighted by atomic mass is 35.5. The highest BCUT2D eigenvalue weighted by molar-refractivity contribution is 6.31. The molecule has 0 spiro atoms. The maximum absolute atomic E-state index is 10.2. The normalized spacial score (nSPS) is 12.5. The molecule has 76 valence electrons. The minimum atomic E-state index is -1.14. The number of nitro groups is 1. The molecule has 14 heavy (non-hydrogen) atoms. The third-order valence-electron chi connectivity index (χ3n) is 1.84. The van der Waals surface area contributed by atoms with Crippen LogP contribution in [0.1, 0.15) is 17.2 Å². The molecule has 1 N–H and O–H groups in total. The van der Waals surface area contributed by atoms with Crippen molar-refractivity contribution in [1.82, 2.24) is 0 Å². The zero-order valence-corrected chi connectivity index (χ0v) is 8.36. The van der Waals surface area contributed by atoms with E-state index in [0.29, 0.717) is 10.6 Å². The van der Waals surface area contributed by atoms with Gasteiger partial charge in [-0.2, -0.15) is 0 Å². The van der Waals surface area contributed by atoms with Gasteiger partial charge in [0, 0.05) is 15.5 Å². The first-order valence-corrected chi connectivity index (χ1v) is 4.44. The van der Waals surface area contributed by atoms with Gasteiger partial charge in [0.15, 0.2) is 0 Å². The molecule has 0 saturated heterocycles. The number of aliphatic hydroxyl groups is 1. The van der Waals surface area contributed by atoms with Gasteiger partial charge in [-0.15, -0.1) is 0 Å². The van der Waals surface area contributed by atoms with Crippen LogP contribution in [0, 0.1) is 17.0 Å². The fourth-order valence-electron chi connectivity index (χ4n) is 1.14. The average molecular weight is 216 g/mol. The summed E-state index contributed by atoms with van der Waals surface area (Å²) in [7, 11) is 0. The standard InChI is InChI=1S/C9H10ClNO3/c1-6-2-3-7(8(10)4-6)9(12)5-11(13)14/h2-4,9,12H,5H2,1H3. The Morgan fingerprint density at radius 3 is 2.79 bits per heavy atom. The maximum atomic E-state index is 10.2. The first kappa shape index (κ1) is 10.9. The summed E-state index contributed by atoms with van der Waals surface area (Å²) in [6.45, 7) is 1.33. The van der Waals surface area contributed by atoms with Crippen molar-refractivity contribution >= 4 is 11.6 Å². The van der Waals surface area contributed by atoms with E-state index in [4.69, 9.17) is 11.6 Å². The number of hydrogen-bond donors (Lipinski definition) is 1. The highest BCUT2D eigenvalue weighted by Gasteiger charge is 2.16. The SMILES string of the molecule is Cc1ccc(C(O)C[N+](=O)[O-])c(Cl)c1. The fourth-order valence-corrected chi connectivity index (χ4v) is 1.50. The monoisotopic (exact) mass is 215 g/mol. The Kier molecular flexibility index (Phi) is 3.43. The largest absolute Gasteiger partial charge is 0.381 e. The molecule has 1 aromatic carbocycles. The summed E-state index contributed by atoms with van der Waals surface area (Å²) in [5.74, 6) is 0. The average Bonchev–Trinajstić information content (AvgIpc) is 2.01. The Bertz CT molecular complexity index is 354. The van der Waals surface area contributed by atoms with Crippen LogP contribution < -0.4 is 0 Å². The molecule has 0 aliphatic rings. The summed E-state index contributed by atoms with van der Waals surface area (Å²) in [5.41, 5.74) is 1.35. The number of hydrogen-bond acceptors (Lipinski definition) is 3. The molecule has 0 bridgehead atoms. The fraction of sp³-hybridized carbons (Fsp3) is 0.333. The van der Waals surface area contributed by atoms with Gasteiger partial charge in [0.25, 0.3) is 0 Å². The molecule has 1 aromatic rings. The molecule has 4 nitrogen and oxygen atoms in total. The predicted octanol–water partition coefficient (Wildman–Crippen LogP) is 1.96. The number of aryl methyl sites for hydroxylation is 1. The van der Waals surface area contributed by atoms with E-state index in [2.05, 4.69) is 0 Å². The molecule has 1 unspecified atom stereocenters. The molecule has 0 aliphatic heterocycles. The molecule has 0 fully saturated rings. The van der Waals surface area contributed by atoms with Crippen LogP contribution in [-0.4, -0.2) is 16.6 Å². The van der Waals surface area contributed by atoms with Gasteiger partial charge in [0.1, 0.15) is 6.10 Å². The lowest BCUT2D eigenvalue weighted by molar-refractivity contribution is -0.491. The summed E-state index contributed by atoms with van der Waals surface area (Å²) < 4.78 is 0. The number of benzene rings is 1. The number of halogens is 1. The van der Waals surface area contributed by atoms with Gasteiger partial charge in [-0.1, -0.05) is 23.7 Å². The molecule has 0 heterocycles. The minimum absolute atomic E-state index is 0.361. The van der Waals surface area contributed by atoms with Crippen molar-refractivity contribution < 1.29 is 10.0 Å². The summed E-state index contributed by atoms with van der Waals surface area (Å²) in [4.78, 5) is 9.60. The van der Waals surface area contributed by atoms with Crippen molar-refractivity contribution in [2.75, 3.05) is 6.54 Å². The van der Waals surface area contributed by atoms with Crippen molar-refractivity contribution in [3.05, 3.63) is 44.5 Å². The van der Waals surface area contributed by atoms with Crippen molar-refractivity contribution in [3.63, 3.8) is 0 Å². The highest BCUT2D eigenvalue weighted by Crippen LogP contribution is 2.23. The van der Waals surface area contributed by atoms with E-state index in [9.17, 15) is 15.2 Å². The first-order chi connectivity index (χ1) is 6.50. The quantitative estimate of drug-likeness (QED) is 0.619. The third kappa shape index (κ3) is 2.68. The van der Waals surface area contributed by atoms with Crippen LogP contribution in [0.5, 0.6) is 0 Å². The van der Waals surface area contributed by atoms with E-state index in [1.165, 1.54) is 0 Å². The second kappa shape index (κ2) is 4.39. The Labute approximate surface area is 86.3 Å². The van der Waals surface area contributed by atoms with Crippen LogP contribution in [0.3, 0.4) is 0 Å². The number of nitrogens with zero attached hydrogens (tertiary/aromatic N) is 1. The topological polar surface area (TPSA) is 63.4 Å². The molecular formula is C9H10ClNO3. The first-order valence-electron chi connectivity index (χ1n) is 4.06. The maximum Gasteiger partial charge on any atom is 0.233 e. The van der Waals surface area contributed by atoms with Crippen LogP contribution in [-0.2, 0) is 0 Å². The molecule has 1 rings (SSSR count). The lowest BCUT2D eigenvalue weighted by Gasteiger charge is -2.08.